The molecule has 2 aliphatic rings. The van der Waals surface area contributed by atoms with Crippen LogP contribution in [0.3, 0.4) is 0 Å². The number of benzene rings is 2. The van der Waals surface area contributed by atoms with Crippen molar-refractivity contribution < 1.29 is 14.2 Å². The van der Waals surface area contributed by atoms with Gasteiger partial charge in [0.25, 0.3) is 0 Å². The molecular formula is C28H26N8O3. The number of rotatable bonds is 6. The van der Waals surface area contributed by atoms with E-state index < -0.39 is 0 Å². The number of anilines is 2. The lowest BCUT2D eigenvalue weighted by atomic mass is 9.92. The number of aromatic nitrogens is 6. The van der Waals surface area contributed by atoms with Crippen LogP contribution in [0, 0.1) is 6.92 Å². The van der Waals surface area contributed by atoms with Crippen LogP contribution < -0.4 is 10.1 Å². The van der Waals surface area contributed by atoms with Crippen LogP contribution in [-0.4, -0.2) is 60.8 Å². The van der Waals surface area contributed by atoms with Gasteiger partial charge in [-0.15, -0.1) is 10.2 Å². The van der Waals surface area contributed by atoms with E-state index in [1.165, 1.54) is 0 Å². The molecule has 11 nitrogen and oxygen atoms in total. The van der Waals surface area contributed by atoms with Crippen LogP contribution in [0.5, 0.6) is 11.6 Å². The second kappa shape index (κ2) is 9.59. The molecule has 1 fully saturated rings. The van der Waals surface area contributed by atoms with Crippen molar-refractivity contribution in [1.29, 1.82) is 0 Å². The van der Waals surface area contributed by atoms with Gasteiger partial charge in [0, 0.05) is 36.8 Å². The minimum atomic E-state index is -0.118. The lowest BCUT2D eigenvalue weighted by Gasteiger charge is -2.28. The van der Waals surface area contributed by atoms with E-state index in [-0.39, 0.29) is 5.54 Å². The summed E-state index contributed by atoms with van der Waals surface area (Å²) in [5.74, 6) is 2.66. The molecule has 196 valence electrons. The normalized spacial score (nSPS) is 16.4. The lowest BCUT2D eigenvalue weighted by Crippen LogP contribution is -2.35. The van der Waals surface area contributed by atoms with Crippen molar-refractivity contribution in [3.8, 4) is 11.6 Å². The van der Waals surface area contributed by atoms with Crippen LogP contribution in [0.2, 0.25) is 0 Å². The number of aryl methyl sites for hydroxylation is 1. The van der Waals surface area contributed by atoms with Crippen molar-refractivity contribution in [3.05, 3.63) is 72.6 Å². The first-order valence-electron chi connectivity index (χ1n) is 12.9. The molecule has 5 aromatic rings. The van der Waals surface area contributed by atoms with Crippen LogP contribution >= 0.6 is 0 Å². The molecule has 2 aromatic carbocycles. The van der Waals surface area contributed by atoms with Gasteiger partial charge in [-0.05, 0) is 61.2 Å². The first-order valence-corrected chi connectivity index (χ1v) is 12.9. The molecule has 0 amide bonds. The van der Waals surface area contributed by atoms with Crippen LogP contribution in [0.15, 0.2) is 66.4 Å². The molecule has 1 N–H and O–H groups in total. The summed E-state index contributed by atoms with van der Waals surface area (Å²) in [6.07, 6.45) is 7.24. The molecule has 3 aromatic heterocycles. The molecule has 0 aliphatic carbocycles. The molecular weight excluding hydrogens is 496 g/mol. The topological polar surface area (TPSA) is 121 Å². The van der Waals surface area contributed by atoms with Gasteiger partial charge in [-0.3, -0.25) is 4.40 Å². The van der Waals surface area contributed by atoms with Crippen molar-refractivity contribution in [2.75, 3.05) is 25.1 Å². The zero-order valence-electron chi connectivity index (χ0n) is 21.4. The smallest absolute Gasteiger partial charge is 0.224 e. The summed E-state index contributed by atoms with van der Waals surface area (Å²) in [5.41, 5.74) is 4.34. The first-order chi connectivity index (χ1) is 19.1. The maximum absolute atomic E-state index is 6.01. The number of nitrogens with one attached hydrogen (secondary N) is 1. The Kier molecular flexibility index (Phi) is 5.77. The Morgan fingerprint density at radius 1 is 1.03 bits per heavy atom. The number of hydrogen-bond donors (Lipinski definition) is 1. The fourth-order valence-electron chi connectivity index (χ4n) is 4.99. The molecule has 11 heteroatoms. The Morgan fingerprint density at radius 2 is 1.95 bits per heavy atom. The Balaban J connectivity index is 1.10. The third kappa shape index (κ3) is 4.72. The maximum Gasteiger partial charge on any atom is 0.224 e. The van der Waals surface area contributed by atoms with Crippen molar-refractivity contribution in [1.82, 2.24) is 29.5 Å². The highest BCUT2D eigenvalue weighted by Crippen LogP contribution is 2.32. The number of hydrogen-bond acceptors (Lipinski definition) is 10. The van der Waals surface area contributed by atoms with E-state index in [4.69, 9.17) is 19.2 Å². The summed E-state index contributed by atoms with van der Waals surface area (Å²) in [4.78, 5) is 18.3. The SMILES string of the molecule is Cc1cc(Nc2ncnc3ccc(CC4=NC5(CCOCC5)CO4)cc23)ccc1Oc1cc2nncn2cn1. The van der Waals surface area contributed by atoms with Crippen molar-refractivity contribution >= 4 is 34.0 Å². The molecule has 0 atom stereocenters. The predicted molar refractivity (Wildman–Crippen MR) is 145 cm³/mol. The van der Waals surface area contributed by atoms with Crippen molar-refractivity contribution in [2.24, 2.45) is 4.99 Å². The highest BCUT2D eigenvalue weighted by molar-refractivity contribution is 5.92. The fourth-order valence-corrected chi connectivity index (χ4v) is 4.99. The number of ether oxygens (including phenoxy) is 3. The van der Waals surface area contributed by atoms with E-state index in [0.717, 1.165) is 65.5 Å². The average Bonchev–Trinajstić information content (AvgIpc) is 3.57. The van der Waals surface area contributed by atoms with Gasteiger partial charge in [0.2, 0.25) is 5.88 Å². The molecule has 1 saturated heterocycles. The van der Waals surface area contributed by atoms with E-state index in [0.29, 0.717) is 30.3 Å². The van der Waals surface area contributed by atoms with E-state index in [1.807, 2.05) is 31.2 Å². The lowest BCUT2D eigenvalue weighted by molar-refractivity contribution is 0.0441. The van der Waals surface area contributed by atoms with Gasteiger partial charge in [-0.1, -0.05) is 6.07 Å². The van der Waals surface area contributed by atoms with Gasteiger partial charge >= 0.3 is 0 Å². The molecule has 5 heterocycles. The van der Waals surface area contributed by atoms with Gasteiger partial charge in [0.05, 0.1) is 5.52 Å². The quantitative estimate of drug-likeness (QED) is 0.345. The van der Waals surface area contributed by atoms with Crippen LogP contribution in [0.1, 0.15) is 24.0 Å². The number of aliphatic imine (C=N–C) groups is 1. The van der Waals surface area contributed by atoms with E-state index in [1.54, 1.807) is 29.4 Å². The predicted octanol–water partition coefficient (Wildman–Crippen LogP) is 4.43. The molecule has 0 bridgehead atoms. The zero-order chi connectivity index (χ0) is 26.2. The van der Waals surface area contributed by atoms with Gasteiger partial charge in [-0.25, -0.2) is 19.9 Å². The molecule has 0 radical (unpaired) electrons. The number of fused-ring (bicyclic) bond motifs is 2. The largest absolute Gasteiger partial charge is 0.478 e. The summed E-state index contributed by atoms with van der Waals surface area (Å²) in [6, 6.07) is 13.8. The monoisotopic (exact) mass is 522 g/mol. The molecule has 0 saturated carbocycles. The van der Waals surface area contributed by atoms with E-state index in [2.05, 4.69) is 42.6 Å². The molecule has 7 rings (SSSR count). The second-order valence-corrected chi connectivity index (χ2v) is 9.91. The maximum atomic E-state index is 6.01. The Morgan fingerprint density at radius 3 is 2.85 bits per heavy atom. The Bertz CT molecular complexity index is 1710. The van der Waals surface area contributed by atoms with Gasteiger partial charge in [0.15, 0.2) is 11.5 Å². The van der Waals surface area contributed by atoms with Crippen LogP contribution in [-0.2, 0) is 15.9 Å². The highest BCUT2D eigenvalue weighted by atomic mass is 16.5. The fraction of sp³-hybridized carbons (Fsp3) is 0.286. The summed E-state index contributed by atoms with van der Waals surface area (Å²) in [6.45, 7) is 4.11. The minimum Gasteiger partial charge on any atom is -0.478 e. The molecule has 1 spiro atoms. The minimum absolute atomic E-state index is 0.118. The summed E-state index contributed by atoms with van der Waals surface area (Å²) in [5, 5.41) is 12.3. The van der Waals surface area contributed by atoms with E-state index in [9.17, 15) is 0 Å². The molecule has 2 aliphatic heterocycles. The average molecular weight is 523 g/mol. The summed E-state index contributed by atoms with van der Waals surface area (Å²) < 4.78 is 19.2. The Hall–Kier alpha value is -4.64. The third-order valence-corrected chi connectivity index (χ3v) is 7.16. The van der Waals surface area contributed by atoms with E-state index >= 15 is 0 Å². The van der Waals surface area contributed by atoms with Gasteiger partial charge < -0.3 is 19.5 Å². The standard InChI is InChI=1S/C28H26N8O3/c1-18-10-20(3-5-23(18)39-25-13-24-35-32-17-36(24)16-31-25)33-27-21-11-19(2-4-22(21)29-15-30-27)12-26-34-28(14-38-26)6-8-37-9-7-28/h2-5,10-11,13,15-17H,6-9,12,14H2,1H3,(H,29,30,33). The summed E-state index contributed by atoms with van der Waals surface area (Å²) >= 11 is 0. The molecule has 0 unspecified atom stereocenters. The third-order valence-electron chi connectivity index (χ3n) is 7.16. The van der Waals surface area contributed by atoms with Crippen LogP contribution in [0.25, 0.3) is 16.6 Å². The number of nitrogens with zero attached hydrogens (tertiary/aromatic N) is 7. The first kappa shape index (κ1) is 23.5. The summed E-state index contributed by atoms with van der Waals surface area (Å²) in [7, 11) is 0. The Labute approximate surface area is 223 Å². The van der Waals surface area contributed by atoms with Crippen molar-refractivity contribution in [2.45, 2.75) is 31.7 Å². The second-order valence-electron chi connectivity index (χ2n) is 9.91. The van der Waals surface area contributed by atoms with Gasteiger partial charge in [-0.2, -0.15) is 0 Å². The molecule has 39 heavy (non-hydrogen) atoms. The van der Waals surface area contributed by atoms with Gasteiger partial charge in [0.1, 0.15) is 42.7 Å². The van der Waals surface area contributed by atoms with Crippen LogP contribution in [0.4, 0.5) is 11.5 Å². The highest BCUT2D eigenvalue weighted by Gasteiger charge is 2.38. The van der Waals surface area contributed by atoms with Crippen molar-refractivity contribution in [3.63, 3.8) is 0 Å². The zero-order valence-corrected chi connectivity index (χ0v) is 21.4.